The molecule has 5 nitrogen and oxygen atoms in total. The predicted molar refractivity (Wildman–Crippen MR) is 80.7 cm³/mol. The van der Waals surface area contributed by atoms with Crippen molar-refractivity contribution >= 4 is 11.4 Å². The molecule has 0 unspecified atom stereocenters. The summed E-state index contributed by atoms with van der Waals surface area (Å²) in [6, 6.07) is 13.8. The van der Waals surface area contributed by atoms with Crippen molar-refractivity contribution in [3.8, 4) is 11.5 Å². The number of nitrogens with zero attached hydrogens (tertiary/aromatic N) is 2. The second-order valence-electron chi connectivity index (χ2n) is 4.71. The summed E-state index contributed by atoms with van der Waals surface area (Å²) in [6.07, 6.45) is 5.29. The molecule has 1 aliphatic heterocycles. The molecule has 0 aliphatic carbocycles. The van der Waals surface area contributed by atoms with E-state index in [1.807, 2.05) is 24.3 Å². The molecule has 2 aromatic carbocycles. The van der Waals surface area contributed by atoms with Crippen LogP contribution in [0.3, 0.4) is 0 Å². The second kappa shape index (κ2) is 5.66. The first-order valence-corrected chi connectivity index (χ1v) is 6.68. The van der Waals surface area contributed by atoms with E-state index in [0.717, 1.165) is 18.7 Å². The lowest BCUT2D eigenvalue weighted by Gasteiger charge is -2.15. The van der Waals surface area contributed by atoms with E-state index in [1.54, 1.807) is 12.1 Å². The van der Waals surface area contributed by atoms with Gasteiger partial charge in [0.25, 0.3) is 5.69 Å². The zero-order valence-electron chi connectivity index (χ0n) is 11.3. The Morgan fingerprint density at radius 1 is 1.00 bits per heavy atom. The molecule has 0 atom stereocenters. The highest BCUT2D eigenvalue weighted by Gasteiger charge is 2.08. The number of nitro benzene ring substituents is 1. The van der Waals surface area contributed by atoms with Crippen LogP contribution >= 0.6 is 0 Å². The van der Waals surface area contributed by atoms with Gasteiger partial charge in [-0.15, -0.1) is 0 Å². The predicted octanol–water partition coefficient (Wildman–Crippen LogP) is 4.11. The summed E-state index contributed by atoms with van der Waals surface area (Å²) < 4.78 is 5.67. The first kappa shape index (κ1) is 13.2. The van der Waals surface area contributed by atoms with E-state index < -0.39 is 4.92 Å². The number of hydrogen-bond acceptors (Lipinski definition) is 4. The van der Waals surface area contributed by atoms with Crippen molar-refractivity contribution in [2.75, 3.05) is 11.4 Å². The number of anilines is 1. The number of non-ortho nitro benzene ring substituents is 1. The lowest BCUT2D eigenvalue weighted by molar-refractivity contribution is -0.384. The van der Waals surface area contributed by atoms with Crippen molar-refractivity contribution in [3.63, 3.8) is 0 Å². The smallest absolute Gasteiger partial charge is 0.269 e. The molecule has 0 saturated heterocycles. The van der Waals surface area contributed by atoms with Gasteiger partial charge in [0.1, 0.15) is 11.5 Å². The van der Waals surface area contributed by atoms with Crippen molar-refractivity contribution in [1.82, 2.24) is 0 Å². The van der Waals surface area contributed by atoms with Crippen molar-refractivity contribution in [1.29, 1.82) is 0 Å². The second-order valence-corrected chi connectivity index (χ2v) is 4.71. The van der Waals surface area contributed by atoms with Crippen LogP contribution in [-0.2, 0) is 0 Å². The van der Waals surface area contributed by atoms with Crippen molar-refractivity contribution in [3.05, 3.63) is 70.9 Å². The summed E-state index contributed by atoms with van der Waals surface area (Å²) in [4.78, 5) is 12.3. The van der Waals surface area contributed by atoms with Crippen molar-refractivity contribution in [2.24, 2.45) is 0 Å². The summed E-state index contributed by atoms with van der Waals surface area (Å²) in [5.41, 5.74) is 1.18. The molecular weight excluding hydrogens is 268 g/mol. The third-order valence-corrected chi connectivity index (χ3v) is 3.27. The fourth-order valence-corrected chi connectivity index (χ4v) is 2.18. The summed E-state index contributed by atoms with van der Waals surface area (Å²) in [5, 5.41) is 10.6. The van der Waals surface area contributed by atoms with Crippen LogP contribution in [-0.4, -0.2) is 11.5 Å². The molecule has 1 heterocycles. The van der Waals surface area contributed by atoms with Gasteiger partial charge in [-0.1, -0.05) is 6.08 Å². The SMILES string of the molecule is O=[N+]([O-])c1ccc(Oc2ccc(N3C=CCC3)cc2)cc1. The summed E-state index contributed by atoms with van der Waals surface area (Å²) in [6.45, 7) is 1.00. The third-order valence-electron chi connectivity index (χ3n) is 3.27. The molecule has 0 amide bonds. The fraction of sp³-hybridized carbons (Fsp3) is 0.125. The van der Waals surface area contributed by atoms with Gasteiger partial charge in [-0.25, -0.2) is 0 Å². The standard InChI is InChI=1S/C16H14N2O3/c19-18(20)14-5-9-16(10-6-14)21-15-7-3-13(4-8-15)17-11-1-2-12-17/h1,3-11H,2,12H2. The summed E-state index contributed by atoms with van der Waals surface area (Å²) in [5.74, 6) is 1.28. The molecule has 0 radical (unpaired) electrons. The number of hydrogen-bond donors (Lipinski definition) is 0. The molecule has 21 heavy (non-hydrogen) atoms. The maximum Gasteiger partial charge on any atom is 0.269 e. The van der Waals surface area contributed by atoms with E-state index in [2.05, 4.69) is 17.2 Å². The van der Waals surface area contributed by atoms with Crippen LogP contribution in [0.4, 0.5) is 11.4 Å². The van der Waals surface area contributed by atoms with Crippen molar-refractivity contribution < 1.29 is 9.66 Å². The van der Waals surface area contributed by atoms with Crippen LogP contribution in [0.2, 0.25) is 0 Å². The van der Waals surface area contributed by atoms with Crippen LogP contribution in [0.25, 0.3) is 0 Å². The average Bonchev–Trinajstić information content (AvgIpc) is 3.03. The van der Waals surface area contributed by atoms with Gasteiger partial charge in [-0.3, -0.25) is 10.1 Å². The Bertz CT molecular complexity index is 663. The number of ether oxygens (including phenoxy) is 1. The maximum atomic E-state index is 10.6. The zero-order chi connectivity index (χ0) is 14.7. The van der Waals surface area contributed by atoms with Gasteiger partial charge < -0.3 is 9.64 Å². The number of nitro groups is 1. The van der Waals surface area contributed by atoms with Crippen LogP contribution in [0.15, 0.2) is 60.8 Å². The van der Waals surface area contributed by atoms with E-state index in [4.69, 9.17) is 4.74 Å². The zero-order valence-corrected chi connectivity index (χ0v) is 11.3. The lowest BCUT2D eigenvalue weighted by atomic mass is 10.2. The topological polar surface area (TPSA) is 55.6 Å². The molecule has 5 heteroatoms. The molecule has 0 spiro atoms. The quantitative estimate of drug-likeness (QED) is 0.625. The molecule has 3 rings (SSSR count). The molecule has 0 saturated carbocycles. The minimum Gasteiger partial charge on any atom is -0.457 e. The first-order chi connectivity index (χ1) is 10.2. The van der Waals surface area contributed by atoms with Gasteiger partial charge in [-0.05, 0) is 42.8 Å². The van der Waals surface area contributed by atoms with Crippen LogP contribution in [0.5, 0.6) is 11.5 Å². The van der Waals surface area contributed by atoms with E-state index in [0.29, 0.717) is 11.5 Å². The van der Waals surface area contributed by atoms with Gasteiger partial charge >= 0.3 is 0 Å². The number of benzene rings is 2. The largest absolute Gasteiger partial charge is 0.457 e. The minimum atomic E-state index is -0.428. The van der Waals surface area contributed by atoms with Crippen LogP contribution in [0.1, 0.15) is 6.42 Å². The Balaban J connectivity index is 1.69. The highest BCUT2D eigenvalue weighted by atomic mass is 16.6. The Labute approximate surface area is 122 Å². The molecule has 0 fully saturated rings. The lowest BCUT2D eigenvalue weighted by Crippen LogP contribution is -2.11. The van der Waals surface area contributed by atoms with Gasteiger partial charge in [-0.2, -0.15) is 0 Å². The highest BCUT2D eigenvalue weighted by Crippen LogP contribution is 2.27. The monoisotopic (exact) mass is 282 g/mol. The molecule has 0 aromatic heterocycles. The average molecular weight is 282 g/mol. The molecule has 106 valence electrons. The molecule has 0 bridgehead atoms. The summed E-state index contributed by atoms with van der Waals surface area (Å²) >= 11 is 0. The fourth-order valence-electron chi connectivity index (χ4n) is 2.18. The number of rotatable bonds is 4. The molecule has 1 aliphatic rings. The molecule has 0 N–H and O–H groups in total. The van der Waals surface area contributed by atoms with Gasteiger partial charge in [0.05, 0.1) is 4.92 Å². The minimum absolute atomic E-state index is 0.0542. The third kappa shape index (κ3) is 3.02. The van der Waals surface area contributed by atoms with Gasteiger partial charge in [0, 0.05) is 30.6 Å². The Hall–Kier alpha value is -2.82. The maximum absolute atomic E-state index is 10.6. The normalized spacial score (nSPS) is 13.4. The van der Waals surface area contributed by atoms with Crippen molar-refractivity contribution in [2.45, 2.75) is 6.42 Å². The van der Waals surface area contributed by atoms with Crippen LogP contribution < -0.4 is 9.64 Å². The van der Waals surface area contributed by atoms with Gasteiger partial charge in [0.2, 0.25) is 0 Å². The summed E-state index contributed by atoms with van der Waals surface area (Å²) in [7, 11) is 0. The Kier molecular flexibility index (Phi) is 3.55. The Morgan fingerprint density at radius 3 is 2.14 bits per heavy atom. The van der Waals surface area contributed by atoms with Gasteiger partial charge in [0.15, 0.2) is 0 Å². The van der Waals surface area contributed by atoms with E-state index in [1.165, 1.54) is 12.1 Å². The Morgan fingerprint density at radius 2 is 1.62 bits per heavy atom. The molecule has 2 aromatic rings. The first-order valence-electron chi connectivity index (χ1n) is 6.68. The van der Waals surface area contributed by atoms with E-state index in [-0.39, 0.29) is 5.69 Å². The molecular formula is C16H14N2O3. The highest BCUT2D eigenvalue weighted by molar-refractivity contribution is 5.53. The van der Waals surface area contributed by atoms with E-state index in [9.17, 15) is 10.1 Å². The van der Waals surface area contributed by atoms with Crippen LogP contribution in [0, 0.1) is 10.1 Å². The van der Waals surface area contributed by atoms with E-state index >= 15 is 0 Å².